The molecule has 0 unspecified atom stereocenters. The van der Waals surface area contributed by atoms with Crippen LogP contribution in [-0.2, 0) is 0 Å². The molecule has 0 amide bonds. The van der Waals surface area contributed by atoms with Crippen LogP contribution in [0, 0.1) is 0 Å². The highest BCUT2D eigenvalue weighted by Crippen LogP contribution is 2.26. The first-order valence-corrected chi connectivity index (χ1v) is 4.60. The summed E-state index contributed by atoms with van der Waals surface area (Å²) in [6.07, 6.45) is 0.433. The number of halogens is 2. The van der Waals surface area contributed by atoms with Gasteiger partial charge in [0.25, 0.3) is 6.43 Å². The van der Waals surface area contributed by atoms with Crippen molar-refractivity contribution in [1.29, 1.82) is 0 Å². The normalized spacial score (nSPS) is 12.5. The third-order valence-corrected chi connectivity index (χ3v) is 2.31. The van der Waals surface area contributed by atoms with Gasteiger partial charge in [0.1, 0.15) is 0 Å². The molecule has 1 N–H and O–H groups in total. The first-order chi connectivity index (χ1) is 5.63. The van der Waals surface area contributed by atoms with Gasteiger partial charge in [0.15, 0.2) is 0 Å². The molecular weight excluding hydrogens is 160 g/mol. The summed E-state index contributed by atoms with van der Waals surface area (Å²) in [5.41, 5.74) is -0.941. The maximum atomic E-state index is 12.7. The lowest BCUT2D eigenvalue weighted by Gasteiger charge is -2.32. The van der Waals surface area contributed by atoms with E-state index in [1.54, 1.807) is 7.05 Å². The third-order valence-electron chi connectivity index (χ3n) is 2.31. The van der Waals surface area contributed by atoms with Gasteiger partial charge in [-0.1, -0.05) is 26.7 Å². The standard InChI is InChI=1S/C9H19F2N/c1-4-6-9(12-3,7-5-2)8(10)11/h8,12H,4-7H2,1-3H3. The lowest BCUT2D eigenvalue weighted by molar-refractivity contribution is 0.0224. The fraction of sp³-hybridized carbons (Fsp3) is 1.00. The van der Waals surface area contributed by atoms with Crippen LogP contribution >= 0.6 is 0 Å². The van der Waals surface area contributed by atoms with Gasteiger partial charge in [0.05, 0.1) is 5.54 Å². The van der Waals surface area contributed by atoms with Gasteiger partial charge < -0.3 is 5.32 Å². The SMILES string of the molecule is CCCC(CCC)(NC)C(F)F. The molecule has 0 atom stereocenters. The topological polar surface area (TPSA) is 12.0 Å². The van der Waals surface area contributed by atoms with E-state index in [-0.39, 0.29) is 0 Å². The first kappa shape index (κ1) is 11.8. The summed E-state index contributed by atoms with van der Waals surface area (Å²) < 4.78 is 25.3. The second kappa shape index (κ2) is 5.46. The van der Waals surface area contributed by atoms with Crippen molar-refractivity contribution in [2.24, 2.45) is 0 Å². The largest absolute Gasteiger partial charge is 0.309 e. The van der Waals surface area contributed by atoms with E-state index in [2.05, 4.69) is 5.32 Å². The molecule has 0 aliphatic heterocycles. The number of rotatable bonds is 6. The van der Waals surface area contributed by atoms with Gasteiger partial charge in [-0.15, -0.1) is 0 Å². The van der Waals surface area contributed by atoms with Crippen molar-refractivity contribution in [3.8, 4) is 0 Å². The Kier molecular flexibility index (Phi) is 5.38. The molecule has 0 spiro atoms. The Balaban J connectivity index is 4.28. The van der Waals surface area contributed by atoms with Crippen molar-refractivity contribution in [2.45, 2.75) is 51.5 Å². The van der Waals surface area contributed by atoms with Crippen LogP contribution in [-0.4, -0.2) is 19.0 Å². The lowest BCUT2D eigenvalue weighted by Crippen LogP contribution is -2.49. The van der Waals surface area contributed by atoms with Crippen LogP contribution in [0.4, 0.5) is 8.78 Å². The molecule has 0 aromatic rings. The van der Waals surface area contributed by atoms with Gasteiger partial charge in [0.2, 0.25) is 0 Å². The summed E-state index contributed by atoms with van der Waals surface area (Å²) >= 11 is 0. The van der Waals surface area contributed by atoms with Crippen LogP contribution in [0.15, 0.2) is 0 Å². The molecule has 0 saturated heterocycles. The molecule has 0 bridgehead atoms. The minimum atomic E-state index is -2.26. The molecule has 1 nitrogen and oxygen atoms in total. The fourth-order valence-corrected chi connectivity index (χ4v) is 1.59. The van der Waals surface area contributed by atoms with Gasteiger partial charge in [-0.2, -0.15) is 0 Å². The lowest BCUT2D eigenvalue weighted by atomic mass is 9.89. The summed E-state index contributed by atoms with van der Waals surface area (Å²) in [6, 6.07) is 0. The van der Waals surface area contributed by atoms with E-state index in [1.807, 2.05) is 13.8 Å². The second-order valence-electron chi connectivity index (χ2n) is 3.21. The van der Waals surface area contributed by atoms with E-state index >= 15 is 0 Å². The van der Waals surface area contributed by atoms with Crippen LogP contribution < -0.4 is 5.32 Å². The Labute approximate surface area is 73.5 Å². The molecule has 12 heavy (non-hydrogen) atoms. The Morgan fingerprint density at radius 3 is 1.75 bits per heavy atom. The predicted octanol–water partition coefficient (Wildman–Crippen LogP) is 2.81. The minimum absolute atomic E-state index is 0.551. The highest BCUT2D eigenvalue weighted by atomic mass is 19.3. The molecule has 0 aromatic carbocycles. The Bertz CT molecular complexity index is 109. The Hall–Kier alpha value is -0.180. The number of nitrogens with one attached hydrogen (secondary N) is 1. The average molecular weight is 179 g/mol. The van der Waals surface area contributed by atoms with Gasteiger partial charge >= 0.3 is 0 Å². The average Bonchev–Trinajstić information content (AvgIpc) is 2.03. The summed E-state index contributed by atoms with van der Waals surface area (Å²) in [4.78, 5) is 0. The zero-order valence-corrected chi connectivity index (χ0v) is 8.16. The van der Waals surface area contributed by atoms with E-state index < -0.39 is 12.0 Å². The number of alkyl halides is 2. The van der Waals surface area contributed by atoms with Crippen LogP contribution in [0.1, 0.15) is 39.5 Å². The van der Waals surface area contributed by atoms with Crippen LogP contribution in [0.3, 0.4) is 0 Å². The molecule has 3 heteroatoms. The summed E-state index contributed by atoms with van der Waals surface area (Å²) in [5.74, 6) is 0. The van der Waals surface area contributed by atoms with E-state index in [0.29, 0.717) is 12.8 Å². The monoisotopic (exact) mass is 179 g/mol. The van der Waals surface area contributed by atoms with E-state index in [1.165, 1.54) is 0 Å². The molecule has 0 fully saturated rings. The molecule has 0 aromatic heterocycles. The van der Waals surface area contributed by atoms with Crippen molar-refractivity contribution in [2.75, 3.05) is 7.05 Å². The smallest absolute Gasteiger partial charge is 0.256 e. The van der Waals surface area contributed by atoms with Crippen molar-refractivity contribution in [3.05, 3.63) is 0 Å². The highest BCUT2D eigenvalue weighted by Gasteiger charge is 2.36. The molecule has 0 aliphatic rings. The Morgan fingerprint density at radius 1 is 1.17 bits per heavy atom. The van der Waals surface area contributed by atoms with Crippen molar-refractivity contribution >= 4 is 0 Å². The quantitative estimate of drug-likeness (QED) is 0.661. The fourth-order valence-electron chi connectivity index (χ4n) is 1.59. The molecule has 0 rings (SSSR count). The number of hydrogen-bond donors (Lipinski definition) is 1. The van der Waals surface area contributed by atoms with Gasteiger partial charge in [-0.3, -0.25) is 0 Å². The third kappa shape index (κ3) is 2.70. The van der Waals surface area contributed by atoms with Crippen LogP contribution in [0.5, 0.6) is 0 Å². The van der Waals surface area contributed by atoms with E-state index in [9.17, 15) is 8.78 Å². The Morgan fingerprint density at radius 2 is 1.58 bits per heavy atom. The number of hydrogen-bond acceptors (Lipinski definition) is 1. The van der Waals surface area contributed by atoms with Gasteiger partial charge in [-0.25, -0.2) is 8.78 Å². The molecule has 0 heterocycles. The first-order valence-electron chi connectivity index (χ1n) is 4.60. The van der Waals surface area contributed by atoms with Crippen molar-refractivity contribution in [1.82, 2.24) is 5.32 Å². The zero-order valence-electron chi connectivity index (χ0n) is 8.16. The molecule has 0 radical (unpaired) electrons. The highest BCUT2D eigenvalue weighted by molar-refractivity contribution is 4.88. The van der Waals surface area contributed by atoms with Crippen molar-refractivity contribution in [3.63, 3.8) is 0 Å². The van der Waals surface area contributed by atoms with Crippen LogP contribution in [0.2, 0.25) is 0 Å². The predicted molar refractivity (Wildman–Crippen MR) is 47.6 cm³/mol. The van der Waals surface area contributed by atoms with Gasteiger partial charge in [-0.05, 0) is 19.9 Å². The van der Waals surface area contributed by atoms with E-state index in [0.717, 1.165) is 12.8 Å². The second-order valence-corrected chi connectivity index (χ2v) is 3.21. The minimum Gasteiger partial charge on any atom is -0.309 e. The molecule has 0 aliphatic carbocycles. The molecule has 0 saturated carbocycles. The van der Waals surface area contributed by atoms with Gasteiger partial charge in [0, 0.05) is 0 Å². The van der Waals surface area contributed by atoms with E-state index in [4.69, 9.17) is 0 Å². The maximum Gasteiger partial charge on any atom is 0.256 e. The summed E-state index contributed by atoms with van der Waals surface area (Å²) in [6.45, 7) is 3.87. The summed E-state index contributed by atoms with van der Waals surface area (Å²) in [7, 11) is 1.62. The molecular formula is C9H19F2N. The zero-order chi connectivity index (χ0) is 9.61. The van der Waals surface area contributed by atoms with Crippen molar-refractivity contribution < 1.29 is 8.78 Å². The maximum absolute atomic E-state index is 12.7. The molecule has 74 valence electrons. The summed E-state index contributed by atoms with van der Waals surface area (Å²) in [5, 5.41) is 2.77. The van der Waals surface area contributed by atoms with Crippen LogP contribution in [0.25, 0.3) is 0 Å².